The largest absolute Gasteiger partial charge is 0.416 e. The average Bonchev–Trinajstić information content (AvgIpc) is 2.34. The van der Waals surface area contributed by atoms with Crippen molar-refractivity contribution >= 4 is 5.91 Å². The normalized spacial score (nSPS) is 11.4. The Bertz CT molecular complexity index is 401. The number of nitrogens with zero attached hydrogens (tertiary/aromatic N) is 1. The van der Waals surface area contributed by atoms with E-state index >= 15 is 0 Å². The molecule has 0 aliphatic rings. The van der Waals surface area contributed by atoms with Crippen molar-refractivity contribution in [2.75, 3.05) is 6.54 Å². The summed E-state index contributed by atoms with van der Waals surface area (Å²) in [6, 6.07) is 4.02. The Morgan fingerprint density at radius 2 is 1.83 bits per heavy atom. The zero-order valence-electron chi connectivity index (χ0n) is 10.00. The highest BCUT2D eigenvalue weighted by molar-refractivity contribution is 5.93. The summed E-state index contributed by atoms with van der Waals surface area (Å²) in [6.07, 6.45) is -2.76. The van der Waals surface area contributed by atoms with Crippen molar-refractivity contribution in [3.63, 3.8) is 0 Å². The summed E-state index contributed by atoms with van der Waals surface area (Å²) in [5.74, 6) is 5.05. The third-order valence-electron chi connectivity index (χ3n) is 2.47. The molecule has 18 heavy (non-hydrogen) atoms. The summed E-state index contributed by atoms with van der Waals surface area (Å²) in [5, 5.41) is 1.02. The van der Waals surface area contributed by atoms with E-state index in [1.54, 1.807) is 0 Å². The fourth-order valence-corrected chi connectivity index (χ4v) is 1.40. The van der Waals surface area contributed by atoms with Gasteiger partial charge in [0, 0.05) is 12.1 Å². The molecule has 0 unspecified atom stereocenters. The minimum atomic E-state index is -4.40. The lowest BCUT2D eigenvalue weighted by Gasteiger charge is -2.16. The Morgan fingerprint density at radius 1 is 1.28 bits per heavy atom. The van der Waals surface area contributed by atoms with Gasteiger partial charge in [-0.2, -0.15) is 13.2 Å². The van der Waals surface area contributed by atoms with Crippen LogP contribution < -0.4 is 5.84 Å². The fourth-order valence-electron chi connectivity index (χ4n) is 1.40. The van der Waals surface area contributed by atoms with E-state index in [1.165, 1.54) is 0 Å². The highest BCUT2D eigenvalue weighted by Crippen LogP contribution is 2.29. The summed E-state index contributed by atoms with van der Waals surface area (Å²) >= 11 is 0. The SMILES string of the molecule is CCCCN(N)C(=O)c1ccc(C(F)(F)F)cc1. The lowest BCUT2D eigenvalue weighted by Crippen LogP contribution is -2.38. The van der Waals surface area contributed by atoms with Crippen LogP contribution in [-0.2, 0) is 6.18 Å². The molecule has 1 aromatic rings. The van der Waals surface area contributed by atoms with E-state index in [9.17, 15) is 18.0 Å². The number of rotatable bonds is 4. The minimum absolute atomic E-state index is 0.154. The van der Waals surface area contributed by atoms with Gasteiger partial charge in [0.1, 0.15) is 0 Å². The number of halogens is 3. The number of hydrogen-bond acceptors (Lipinski definition) is 2. The van der Waals surface area contributed by atoms with Gasteiger partial charge < -0.3 is 0 Å². The van der Waals surface area contributed by atoms with Gasteiger partial charge in [0.2, 0.25) is 0 Å². The first-order valence-corrected chi connectivity index (χ1v) is 5.60. The number of alkyl halides is 3. The van der Waals surface area contributed by atoms with E-state index in [0.717, 1.165) is 42.1 Å². The minimum Gasteiger partial charge on any atom is -0.277 e. The standard InChI is InChI=1S/C12H15F3N2O/c1-2-3-8-17(16)11(18)9-4-6-10(7-5-9)12(13,14)15/h4-7H,2-3,8,16H2,1H3. The van der Waals surface area contributed by atoms with Crippen LogP contribution in [0.5, 0.6) is 0 Å². The van der Waals surface area contributed by atoms with Crippen LogP contribution in [0.15, 0.2) is 24.3 Å². The number of amides is 1. The summed E-state index contributed by atoms with van der Waals surface area (Å²) in [6.45, 7) is 2.34. The van der Waals surface area contributed by atoms with Crippen LogP contribution in [0, 0.1) is 0 Å². The van der Waals surface area contributed by atoms with E-state index in [4.69, 9.17) is 5.84 Å². The van der Waals surface area contributed by atoms with E-state index in [2.05, 4.69) is 0 Å². The summed E-state index contributed by atoms with van der Waals surface area (Å²) in [7, 11) is 0. The molecule has 0 radical (unpaired) electrons. The maximum absolute atomic E-state index is 12.3. The second-order valence-electron chi connectivity index (χ2n) is 3.93. The van der Waals surface area contributed by atoms with Gasteiger partial charge >= 0.3 is 6.18 Å². The summed E-state index contributed by atoms with van der Waals surface area (Å²) in [5.41, 5.74) is -0.627. The number of nitrogens with two attached hydrogens (primary N) is 1. The topological polar surface area (TPSA) is 46.3 Å². The molecule has 0 saturated carbocycles. The number of unbranched alkanes of at least 4 members (excludes halogenated alkanes) is 1. The monoisotopic (exact) mass is 260 g/mol. The number of benzene rings is 1. The van der Waals surface area contributed by atoms with Crippen LogP contribution in [-0.4, -0.2) is 17.5 Å². The molecule has 0 aromatic heterocycles. The van der Waals surface area contributed by atoms with Crippen LogP contribution >= 0.6 is 0 Å². The predicted molar refractivity (Wildman–Crippen MR) is 61.6 cm³/mol. The van der Waals surface area contributed by atoms with Crippen molar-refractivity contribution in [2.24, 2.45) is 5.84 Å². The van der Waals surface area contributed by atoms with Gasteiger partial charge in [-0.1, -0.05) is 13.3 Å². The maximum atomic E-state index is 12.3. The van der Waals surface area contributed by atoms with Crippen LogP contribution in [0.4, 0.5) is 13.2 Å². The van der Waals surface area contributed by atoms with Crippen molar-refractivity contribution in [1.29, 1.82) is 0 Å². The number of carbonyl (C=O) groups excluding carboxylic acids is 1. The molecule has 0 atom stereocenters. The predicted octanol–water partition coefficient (Wildman–Crippen LogP) is 2.82. The Kier molecular flexibility index (Phi) is 4.72. The highest BCUT2D eigenvalue weighted by Gasteiger charge is 2.30. The first-order valence-electron chi connectivity index (χ1n) is 5.60. The third-order valence-corrected chi connectivity index (χ3v) is 2.47. The molecule has 0 heterocycles. The Labute approximate surface area is 103 Å². The molecular weight excluding hydrogens is 245 g/mol. The van der Waals surface area contributed by atoms with Crippen LogP contribution in [0.3, 0.4) is 0 Å². The number of hydrazine groups is 1. The fraction of sp³-hybridized carbons (Fsp3) is 0.417. The zero-order chi connectivity index (χ0) is 13.8. The van der Waals surface area contributed by atoms with Crippen LogP contribution in [0.25, 0.3) is 0 Å². The van der Waals surface area contributed by atoms with Crippen molar-refractivity contribution < 1.29 is 18.0 Å². The highest BCUT2D eigenvalue weighted by atomic mass is 19.4. The summed E-state index contributed by atoms with van der Waals surface area (Å²) < 4.78 is 37.0. The first-order chi connectivity index (χ1) is 8.36. The number of hydrogen-bond donors (Lipinski definition) is 1. The molecule has 0 aliphatic carbocycles. The van der Waals surface area contributed by atoms with Gasteiger partial charge in [0.25, 0.3) is 5.91 Å². The quantitative estimate of drug-likeness (QED) is 0.514. The molecule has 1 aromatic carbocycles. The van der Waals surface area contributed by atoms with E-state index in [0.29, 0.717) is 6.54 Å². The number of carbonyl (C=O) groups is 1. The van der Waals surface area contributed by atoms with Crippen molar-refractivity contribution in [1.82, 2.24) is 5.01 Å². The van der Waals surface area contributed by atoms with Gasteiger partial charge in [0.15, 0.2) is 0 Å². The lowest BCUT2D eigenvalue weighted by molar-refractivity contribution is -0.137. The Balaban J connectivity index is 2.76. The molecule has 0 bridgehead atoms. The van der Waals surface area contributed by atoms with Gasteiger partial charge in [-0.15, -0.1) is 0 Å². The average molecular weight is 260 g/mol. The maximum Gasteiger partial charge on any atom is 0.416 e. The zero-order valence-corrected chi connectivity index (χ0v) is 10.00. The molecule has 0 spiro atoms. The summed E-state index contributed by atoms with van der Waals surface area (Å²) in [4.78, 5) is 11.7. The first kappa shape index (κ1) is 14.5. The van der Waals surface area contributed by atoms with Crippen LogP contribution in [0.2, 0.25) is 0 Å². The second-order valence-corrected chi connectivity index (χ2v) is 3.93. The molecular formula is C12H15F3N2O. The molecule has 1 rings (SSSR count). The van der Waals surface area contributed by atoms with Crippen molar-refractivity contribution in [3.05, 3.63) is 35.4 Å². The third kappa shape index (κ3) is 3.73. The van der Waals surface area contributed by atoms with E-state index < -0.39 is 17.6 Å². The van der Waals surface area contributed by atoms with Crippen molar-refractivity contribution in [2.45, 2.75) is 25.9 Å². The molecule has 0 saturated heterocycles. The van der Waals surface area contributed by atoms with Gasteiger partial charge in [-0.05, 0) is 30.7 Å². The molecule has 100 valence electrons. The second kappa shape index (κ2) is 5.86. The molecule has 3 nitrogen and oxygen atoms in total. The van der Waals surface area contributed by atoms with Gasteiger partial charge in [-0.25, -0.2) is 5.84 Å². The molecule has 1 amide bonds. The smallest absolute Gasteiger partial charge is 0.277 e. The molecule has 2 N–H and O–H groups in total. The van der Waals surface area contributed by atoms with Crippen LogP contribution in [0.1, 0.15) is 35.7 Å². The molecule has 0 fully saturated rings. The van der Waals surface area contributed by atoms with Gasteiger partial charge in [0.05, 0.1) is 5.56 Å². The molecule has 0 aliphatic heterocycles. The van der Waals surface area contributed by atoms with E-state index in [1.807, 2.05) is 6.92 Å². The lowest BCUT2D eigenvalue weighted by atomic mass is 10.1. The Hall–Kier alpha value is -1.56. The van der Waals surface area contributed by atoms with Gasteiger partial charge in [-0.3, -0.25) is 9.80 Å². The van der Waals surface area contributed by atoms with E-state index in [-0.39, 0.29) is 5.56 Å². The molecule has 6 heteroatoms. The Morgan fingerprint density at radius 3 is 2.28 bits per heavy atom. The van der Waals surface area contributed by atoms with Crippen molar-refractivity contribution in [3.8, 4) is 0 Å².